The maximum absolute atomic E-state index is 12.3. The summed E-state index contributed by atoms with van der Waals surface area (Å²) >= 11 is 0. The number of carbonyl (C=O) groups is 1. The minimum absolute atomic E-state index is 0.170. The van der Waals surface area contributed by atoms with Crippen LogP contribution in [0.2, 0.25) is 0 Å². The molecule has 4 rings (SSSR count). The Morgan fingerprint density at radius 3 is 3.08 bits per heavy atom. The van der Waals surface area contributed by atoms with Crippen LogP contribution in [0, 0.1) is 6.92 Å². The van der Waals surface area contributed by atoms with E-state index in [2.05, 4.69) is 25.5 Å². The fraction of sp³-hybridized carbons (Fsp3) is 0.529. The predicted octanol–water partition coefficient (Wildman–Crippen LogP) is 1.04. The van der Waals surface area contributed by atoms with E-state index >= 15 is 0 Å². The first-order valence-corrected chi connectivity index (χ1v) is 8.49. The smallest absolute Gasteiger partial charge is 0.272 e. The van der Waals surface area contributed by atoms with Gasteiger partial charge in [-0.2, -0.15) is 5.10 Å². The topological polar surface area (TPSA) is 92.8 Å². The average molecular weight is 327 g/mol. The zero-order chi connectivity index (χ0) is 16.5. The number of fused-ring (bicyclic) bond motifs is 2. The summed E-state index contributed by atoms with van der Waals surface area (Å²) in [5, 5.41) is 9.99. The van der Waals surface area contributed by atoms with Gasteiger partial charge in [0.05, 0.1) is 13.2 Å². The van der Waals surface area contributed by atoms with Crippen LogP contribution in [0.15, 0.2) is 0 Å². The Morgan fingerprint density at radius 1 is 1.25 bits per heavy atom. The lowest BCUT2D eigenvalue weighted by molar-refractivity contribution is 0.0925. The number of aromatic amines is 1. The first-order valence-electron chi connectivity index (χ1n) is 8.49. The van der Waals surface area contributed by atoms with E-state index in [0.29, 0.717) is 31.9 Å². The number of rotatable bonds is 4. The van der Waals surface area contributed by atoms with Gasteiger partial charge in [0.25, 0.3) is 5.91 Å². The van der Waals surface area contributed by atoms with Gasteiger partial charge in [0.1, 0.15) is 5.82 Å². The van der Waals surface area contributed by atoms with Gasteiger partial charge in [0.15, 0.2) is 5.69 Å². The molecule has 0 spiro atoms. The molecule has 1 aliphatic carbocycles. The second kappa shape index (κ2) is 6.32. The summed E-state index contributed by atoms with van der Waals surface area (Å²) < 4.78 is 5.41. The Bertz CT molecular complexity index is 784. The predicted molar refractivity (Wildman–Crippen MR) is 86.8 cm³/mol. The molecule has 0 unspecified atom stereocenters. The van der Waals surface area contributed by atoms with Crippen LogP contribution in [-0.4, -0.2) is 39.2 Å². The molecule has 0 bridgehead atoms. The lowest BCUT2D eigenvalue weighted by atomic mass is 10.1. The molecule has 1 aliphatic heterocycles. The molecule has 0 aromatic carbocycles. The number of hydrogen-bond acceptors (Lipinski definition) is 5. The maximum Gasteiger partial charge on any atom is 0.272 e. The number of aromatic nitrogens is 4. The van der Waals surface area contributed by atoms with E-state index in [1.807, 2.05) is 6.92 Å². The van der Waals surface area contributed by atoms with Crippen molar-refractivity contribution in [3.8, 4) is 0 Å². The summed E-state index contributed by atoms with van der Waals surface area (Å²) in [6, 6.07) is 0. The molecule has 24 heavy (non-hydrogen) atoms. The minimum atomic E-state index is -0.170. The Balaban J connectivity index is 1.38. The number of hydrogen-bond donors (Lipinski definition) is 2. The zero-order valence-corrected chi connectivity index (χ0v) is 13.8. The summed E-state index contributed by atoms with van der Waals surface area (Å²) in [5.74, 6) is 0.636. The first-order chi connectivity index (χ1) is 11.7. The Hall–Kier alpha value is -2.28. The van der Waals surface area contributed by atoms with Gasteiger partial charge in [-0.1, -0.05) is 0 Å². The lowest BCUT2D eigenvalue weighted by Crippen LogP contribution is -2.28. The molecule has 126 valence electrons. The van der Waals surface area contributed by atoms with E-state index in [4.69, 9.17) is 4.74 Å². The SMILES string of the molecule is Cc1nc(CCNC(=O)c2n[nH]c3c2COCC3)nc2c1CCC2. The van der Waals surface area contributed by atoms with E-state index in [-0.39, 0.29) is 5.91 Å². The van der Waals surface area contributed by atoms with Gasteiger partial charge in [-0.15, -0.1) is 0 Å². The fourth-order valence-corrected chi connectivity index (χ4v) is 3.47. The molecule has 3 heterocycles. The van der Waals surface area contributed by atoms with Crippen LogP contribution in [0.3, 0.4) is 0 Å². The number of ether oxygens (including phenoxy) is 1. The van der Waals surface area contributed by atoms with E-state index in [1.54, 1.807) is 0 Å². The molecular weight excluding hydrogens is 306 g/mol. The number of nitrogens with one attached hydrogen (secondary N) is 2. The van der Waals surface area contributed by atoms with Crippen LogP contribution in [0.4, 0.5) is 0 Å². The second-order valence-corrected chi connectivity index (χ2v) is 6.34. The summed E-state index contributed by atoms with van der Waals surface area (Å²) in [6.45, 7) is 3.66. The van der Waals surface area contributed by atoms with Crippen molar-refractivity contribution in [1.82, 2.24) is 25.5 Å². The van der Waals surface area contributed by atoms with Crippen molar-refractivity contribution in [3.63, 3.8) is 0 Å². The number of carbonyl (C=O) groups excluding carboxylic acids is 1. The highest BCUT2D eigenvalue weighted by Crippen LogP contribution is 2.22. The van der Waals surface area contributed by atoms with Crippen molar-refractivity contribution < 1.29 is 9.53 Å². The van der Waals surface area contributed by atoms with Gasteiger partial charge in [-0.3, -0.25) is 9.89 Å². The Morgan fingerprint density at radius 2 is 2.17 bits per heavy atom. The van der Waals surface area contributed by atoms with Crippen LogP contribution in [0.25, 0.3) is 0 Å². The zero-order valence-electron chi connectivity index (χ0n) is 13.8. The molecule has 0 radical (unpaired) electrons. The van der Waals surface area contributed by atoms with E-state index in [1.165, 1.54) is 11.3 Å². The maximum atomic E-state index is 12.3. The van der Waals surface area contributed by atoms with E-state index in [0.717, 1.165) is 48.5 Å². The van der Waals surface area contributed by atoms with Crippen molar-refractivity contribution in [2.75, 3.05) is 13.2 Å². The molecule has 2 aliphatic rings. The third-order valence-corrected chi connectivity index (χ3v) is 4.73. The van der Waals surface area contributed by atoms with E-state index < -0.39 is 0 Å². The van der Waals surface area contributed by atoms with Crippen LogP contribution in [0.5, 0.6) is 0 Å². The normalized spacial score (nSPS) is 15.9. The van der Waals surface area contributed by atoms with Crippen LogP contribution >= 0.6 is 0 Å². The van der Waals surface area contributed by atoms with Gasteiger partial charge >= 0.3 is 0 Å². The molecule has 2 aromatic heterocycles. The van der Waals surface area contributed by atoms with Crippen molar-refractivity contribution in [1.29, 1.82) is 0 Å². The van der Waals surface area contributed by atoms with Crippen molar-refractivity contribution in [3.05, 3.63) is 39.7 Å². The summed E-state index contributed by atoms with van der Waals surface area (Å²) in [4.78, 5) is 21.5. The second-order valence-electron chi connectivity index (χ2n) is 6.34. The molecule has 0 saturated carbocycles. The van der Waals surface area contributed by atoms with Crippen LogP contribution < -0.4 is 5.32 Å². The highest BCUT2D eigenvalue weighted by atomic mass is 16.5. The highest BCUT2D eigenvalue weighted by molar-refractivity contribution is 5.93. The summed E-state index contributed by atoms with van der Waals surface area (Å²) in [5.41, 5.74) is 5.90. The largest absolute Gasteiger partial charge is 0.376 e. The van der Waals surface area contributed by atoms with Crippen molar-refractivity contribution >= 4 is 5.91 Å². The Labute approximate surface area is 140 Å². The number of nitrogens with zero attached hydrogens (tertiary/aromatic N) is 3. The first kappa shape index (κ1) is 15.3. The molecule has 1 amide bonds. The monoisotopic (exact) mass is 327 g/mol. The minimum Gasteiger partial charge on any atom is -0.376 e. The van der Waals surface area contributed by atoms with Crippen LogP contribution in [-0.2, 0) is 37.0 Å². The molecule has 2 N–H and O–H groups in total. The molecule has 7 heteroatoms. The van der Waals surface area contributed by atoms with Crippen molar-refractivity contribution in [2.45, 2.75) is 45.6 Å². The van der Waals surface area contributed by atoms with Gasteiger partial charge in [0, 0.05) is 42.0 Å². The average Bonchev–Trinajstić information content (AvgIpc) is 3.21. The molecule has 0 fully saturated rings. The van der Waals surface area contributed by atoms with Gasteiger partial charge < -0.3 is 10.1 Å². The van der Waals surface area contributed by atoms with Gasteiger partial charge in [0.2, 0.25) is 0 Å². The third kappa shape index (κ3) is 2.80. The molecular formula is C17H21N5O2. The summed E-state index contributed by atoms with van der Waals surface area (Å²) in [6.07, 6.45) is 4.69. The standard InChI is InChI=1S/C17H21N5O2/c1-10-11-3-2-4-13(11)20-15(19-10)5-7-18-17(23)16-12-9-24-8-6-14(12)21-22-16/h2-9H2,1H3,(H,18,23)(H,21,22). The number of amides is 1. The fourth-order valence-electron chi connectivity index (χ4n) is 3.47. The number of aryl methyl sites for hydroxylation is 2. The molecule has 2 aromatic rings. The molecule has 0 saturated heterocycles. The quantitative estimate of drug-likeness (QED) is 0.875. The molecule has 7 nitrogen and oxygen atoms in total. The third-order valence-electron chi connectivity index (χ3n) is 4.73. The lowest BCUT2D eigenvalue weighted by Gasteiger charge is -2.12. The van der Waals surface area contributed by atoms with Crippen LogP contribution in [0.1, 0.15) is 50.9 Å². The van der Waals surface area contributed by atoms with Gasteiger partial charge in [-0.25, -0.2) is 9.97 Å². The van der Waals surface area contributed by atoms with E-state index in [9.17, 15) is 4.79 Å². The summed E-state index contributed by atoms with van der Waals surface area (Å²) in [7, 11) is 0. The Kier molecular flexibility index (Phi) is 4.02. The van der Waals surface area contributed by atoms with Crippen molar-refractivity contribution in [2.24, 2.45) is 0 Å². The molecule has 0 atom stereocenters. The van der Waals surface area contributed by atoms with Gasteiger partial charge in [-0.05, 0) is 31.7 Å². The highest BCUT2D eigenvalue weighted by Gasteiger charge is 2.22. The number of H-pyrrole nitrogens is 1.